The Hall–Kier alpha value is -0.740. The molecule has 1 aliphatic heterocycles. The lowest BCUT2D eigenvalue weighted by molar-refractivity contribution is 0.296. The zero-order valence-corrected chi connectivity index (χ0v) is 14.2. The van der Waals surface area contributed by atoms with E-state index >= 15 is 0 Å². The number of nitrogens with one attached hydrogen (secondary N) is 1. The number of hydrogen-bond acceptors (Lipinski definition) is 3. The summed E-state index contributed by atoms with van der Waals surface area (Å²) in [6.07, 6.45) is 6.24. The Bertz CT molecular complexity index is 484. The Balaban J connectivity index is 1.63. The smallest absolute Gasteiger partial charge is 0.175 e. The second-order valence-electron chi connectivity index (χ2n) is 6.29. The van der Waals surface area contributed by atoms with Gasteiger partial charge in [-0.1, -0.05) is 6.92 Å². The molecule has 0 spiro atoms. The van der Waals surface area contributed by atoms with Crippen molar-refractivity contribution in [1.29, 1.82) is 0 Å². The molecule has 1 heterocycles. The van der Waals surface area contributed by atoms with Gasteiger partial charge in [0.15, 0.2) is 11.5 Å². The van der Waals surface area contributed by atoms with Crippen molar-refractivity contribution in [3.63, 3.8) is 0 Å². The summed E-state index contributed by atoms with van der Waals surface area (Å²) in [6, 6.07) is 4.92. The minimum absolute atomic E-state index is 0.663. The number of benzene rings is 1. The van der Waals surface area contributed by atoms with Crippen LogP contribution < -0.4 is 14.8 Å². The monoisotopic (exact) mass is 353 g/mol. The molecule has 1 aromatic carbocycles. The molecule has 1 saturated carbocycles. The van der Waals surface area contributed by atoms with Crippen LogP contribution in [-0.2, 0) is 6.54 Å². The maximum absolute atomic E-state index is 5.79. The van der Waals surface area contributed by atoms with E-state index in [1.165, 1.54) is 31.2 Å². The van der Waals surface area contributed by atoms with Crippen LogP contribution in [0.5, 0.6) is 11.5 Å². The van der Waals surface area contributed by atoms with Crippen LogP contribution in [-0.4, -0.2) is 19.3 Å². The highest BCUT2D eigenvalue weighted by Gasteiger charge is 2.19. The van der Waals surface area contributed by atoms with Crippen molar-refractivity contribution < 1.29 is 9.47 Å². The molecule has 1 aliphatic carbocycles. The predicted molar refractivity (Wildman–Crippen MR) is 88.0 cm³/mol. The van der Waals surface area contributed by atoms with Gasteiger partial charge < -0.3 is 14.8 Å². The zero-order chi connectivity index (χ0) is 14.7. The third-order valence-electron chi connectivity index (χ3n) is 4.47. The molecule has 0 saturated heterocycles. The van der Waals surface area contributed by atoms with Crippen LogP contribution in [0.2, 0.25) is 0 Å². The van der Waals surface area contributed by atoms with E-state index in [4.69, 9.17) is 9.47 Å². The van der Waals surface area contributed by atoms with Crippen LogP contribution in [0.3, 0.4) is 0 Å². The fourth-order valence-electron chi connectivity index (χ4n) is 3.11. The molecule has 1 fully saturated rings. The fourth-order valence-corrected chi connectivity index (χ4v) is 3.72. The van der Waals surface area contributed by atoms with Crippen molar-refractivity contribution in [3.8, 4) is 11.5 Å². The highest BCUT2D eigenvalue weighted by atomic mass is 79.9. The molecule has 116 valence electrons. The zero-order valence-electron chi connectivity index (χ0n) is 12.7. The van der Waals surface area contributed by atoms with Crippen molar-refractivity contribution in [2.45, 2.75) is 51.6 Å². The van der Waals surface area contributed by atoms with Crippen molar-refractivity contribution >= 4 is 15.9 Å². The number of fused-ring (bicyclic) bond motifs is 1. The molecule has 3 nitrogen and oxygen atoms in total. The van der Waals surface area contributed by atoms with Crippen molar-refractivity contribution in [3.05, 3.63) is 22.2 Å². The SMILES string of the molecule is CC1CCC(NCc2cc(Br)c3c(c2)OCCCO3)CC1. The van der Waals surface area contributed by atoms with Crippen LogP contribution in [0.15, 0.2) is 16.6 Å². The van der Waals surface area contributed by atoms with Gasteiger partial charge >= 0.3 is 0 Å². The summed E-state index contributed by atoms with van der Waals surface area (Å²) in [5.41, 5.74) is 1.25. The first-order chi connectivity index (χ1) is 10.2. The van der Waals surface area contributed by atoms with Gasteiger partial charge in [-0.25, -0.2) is 0 Å². The summed E-state index contributed by atoms with van der Waals surface area (Å²) in [5.74, 6) is 2.62. The second kappa shape index (κ2) is 7.01. The maximum Gasteiger partial charge on any atom is 0.175 e. The molecule has 0 aromatic heterocycles. The Morgan fingerprint density at radius 1 is 1.14 bits per heavy atom. The lowest BCUT2D eigenvalue weighted by atomic mass is 9.87. The van der Waals surface area contributed by atoms with Crippen molar-refractivity contribution in [1.82, 2.24) is 5.32 Å². The molecule has 1 N–H and O–H groups in total. The molecule has 2 aliphatic rings. The topological polar surface area (TPSA) is 30.5 Å². The molecule has 4 heteroatoms. The minimum atomic E-state index is 0.663. The van der Waals surface area contributed by atoms with Crippen molar-refractivity contribution in [2.75, 3.05) is 13.2 Å². The van der Waals surface area contributed by atoms with Gasteiger partial charge in [0.2, 0.25) is 0 Å². The average Bonchev–Trinajstić information content (AvgIpc) is 2.72. The van der Waals surface area contributed by atoms with Crippen LogP contribution in [0, 0.1) is 5.92 Å². The Labute approximate surface area is 135 Å². The molecule has 0 bridgehead atoms. The fraction of sp³-hybridized carbons (Fsp3) is 0.647. The van der Waals surface area contributed by atoms with Crippen LogP contribution in [0.1, 0.15) is 44.6 Å². The summed E-state index contributed by atoms with van der Waals surface area (Å²) in [7, 11) is 0. The maximum atomic E-state index is 5.79. The van der Waals surface area contributed by atoms with Crippen molar-refractivity contribution in [2.24, 2.45) is 5.92 Å². The first kappa shape index (κ1) is 15.2. The molecular weight excluding hydrogens is 330 g/mol. The standard InChI is InChI=1S/C17H24BrNO2/c1-12-3-5-14(6-4-12)19-11-13-9-15(18)17-16(10-13)20-7-2-8-21-17/h9-10,12,14,19H,2-8,11H2,1H3. The number of halogens is 1. The van der Waals surface area contributed by atoms with Crippen LogP contribution in [0.25, 0.3) is 0 Å². The Morgan fingerprint density at radius 3 is 2.71 bits per heavy atom. The summed E-state index contributed by atoms with van der Waals surface area (Å²) < 4.78 is 12.5. The van der Waals surface area contributed by atoms with Gasteiger partial charge in [0.25, 0.3) is 0 Å². The van der Waals surface area contributed by atoms with E-state index in [0.29, 0.717) is 6.04 Å². The van der Waals surface area contributed by atoms with E-state index in [2.05, 4.69) is 40.3 Å². The largest absolute Gasteiger partial charge is 0.490 e. The van der Waals surface area contributed by atoms with E-state index in [-0.39, 0.29) is 0 Å². The van der Waals surface area contributed by atoms with Gasteiger partial charge in [-0.15, -0.1) is 0 Å². The minimum Gasteiger partial charge on any atom is -0.490 e. The first-order valence-electron chi connectivity index (χ1n) is 8.04. The summed E-state index contributed by atoms with van der Waals surface area (Å²) >= 11 is 3.61. The highest BCUT2D eigenvalue weighted by Crippen LogP contribution is 2.38. The molecule has 0 atom stereocenters. The van der Waals surface area contributed by atoms with Gasteiger partial charge in [0.1, 0.15) is 0 Å². The average molecular weight is 354 g/mol. The number of ether oxygens (including phenoxy) is 2. The van der Waals surface area contributed by atoms with E-state index in [0.717, 1.165) is 48.1 Å². The van der Waals surface area contributed by atoms with Gasteiger partial charge in [-0.05, 0) is 65.2 Å². The molecule has 0 radical (unpaired) electrons. The van der Waals surface area contributed by atoms with Gasteiger partial charge in [-0.3, -0.25) is 0 Å². The quantitative estimate of drug-likeness (QED) is 0.879. The van der Waals surface area contributed by atoms with E-state index in [9.17, 15) is 0 Å². The molecular formula is C17H24BrNO2. The molecule has 21 heavy (non-hydrogen) atoms. The summed E-state index contributed by atoms with van der Waals surface area (Å²) in [4.78, 5) is 0. The van der Waals surface area contributed by atoms with E-state index < -0.39 is 0 Å². The van der Waals surface area contributed by atoms with Gasteiger partial charge in [0, 0.05) is 19.0 Å². The molecule has 3 rings (SSSR count). The molecule has 0 unspecified atom stereocenters. The molecule has 1 aromatic rings. The third-order valence-corrected chi connectivity index (χ3v) is 5.06. The second-order valence-corrected chi connectivity index (χ2v) is 7.15. The molecule has 0 amide bonds. The third kappa shape index (κ3) is 3.92. The summed E-state index contributed by atoms with van der Waals surface area (Å²) in [6.45, 7) is 4.71. The van der Waals surface area contributed by atoms with E-state index in [1.807, 2.05) is 0 Å². The van der Waals surface area contributed by atoms with E-state index in [1.54, 1.807) is 0 Å². The Kier molecular flexibility index (Phi) is 5.07. The predicted octanol–water partition coefficient (Wildman–Crippen LogP) is 4.28. The Morgan fingerprint density at radius 2 is 1.90 bits per heavy atom. The number of hydrogen-bond donors (Lipinski definition) is 1. The number of rotatable bonds is 3. The summed E-state index contributed by atoms with van der Waals surface area (Å²) in [5, 5.41) is 3.69. The van der Waals surface area contributed by atoms with Gasteiger partial charge in [-0.2, -0.15) is 0 Å². The lowest BCUT2D eigenvalue weighted by Gasteiger charge is -2.27. The normalized spacial score (nSPS) is 25.4. The van der Waals surface area contributed by atoms with Gasteiger partial charge in [0.05, 0.1) is 17.7 Å². The lowest BCUT2D eigenvalue weighted by Crippen LogP contribution is -2.32. The first-order valence-corrected chi connectivity index (χ1v) is 8.83. The highest BCUT2D eigenvalue weighted by molar-refractivity contribution is 9.10. The van der Waals surface area contributed by atoms with Crippen LogP contribution in [0.4, 0.5) is 0 Å². The van der Waals surface area contributed by atoms with Crippen LogP contribution >= 0.6 is 15.9 Å².